The Hall–Kier alpha value is -2.69. The molecule has 21 heavy (non-hydrogen) atoms. The minimum absolute atomic E-state index is 0.126. The molecule has 0 aromatic heterocycles. The molecule has 2 aromatic carbocycles. The number of carbonyl (C=O) groups is 1. The Morgan fingerprint density at radius 2 is 1.81 bits per heavy atom. The summed E-state index contributed by atoms with van der Waals surface area (Å²) in [5.74, 6) is -0.462. The summed E-state index contributed by atoms with van der Waals surface area (Å²) in [6.45, 7) is 1.80. The van der Waals surface area contributed by atoms with Crippen molar-refractivity contribution in [1.29, 1.82) is 0 Å². The van der Waals surface area contributed by atoms with Crippen molar-refractivity contribution < 1.29 is 15.0 Å². The van der Waals surface area contributed by atoms with E-state index in [1.54, 1.807) is 44.3 Å². The van der Waals surface area contributed by atoms with Crippen LogP contribution in [0.3, 0.4) is 0 Å². The van der Waals surface area contributed by atoms with Crippen molar-refractivity contribution in [2.75, 3.05) is 12.8 Å². The van der Waals surface area contributed by atoms with Gasteiger partial charge in [0.2, 0.25) is 0 Å². The van der Waals surface area contributed by atoms with Crippen LogP contribution in [0.25, 0.3) is 0 Å². The molecule has 0 bridgehead atoms. The normalized spacial score (nSPS) is 11.9. The van der Waals surface area contributed by atoms with Crippen molar-refractivity contribution in [3.63, 3.8) is 0 Å². The van der Waals surface area contributed by atoms with Gasteiger partial charge in [-0.25, -0.2) is 0 Å². The molecule has 110 valence electrons. The second-order valence-corrected chi connectivity index (χ2v) is 4.89. The lowest BCUT2D eigenvalue weighted by atomic mass is 10.0. The first-order chi connectivity index (χ1) is 9.93. The lowest BCUT2D eigenvalue weighted by Gasteiger charge is -2.26. The van der Waals surface area contributed by atoms with Gasteiger partial charge in [-0.2, -0.15) is 0 Å². The Balaban J connectivity index is 2.31. The summed E-state index contributed by atoms with van der Waals surface area (Å²) in [5, 5.41) is 19.8. The third-order valence-electron chi connectivity index (χ3n) is 3.59. The van der Waals surface area contributed by atoms with Crippen molar-refractivity contribution in [2.24, 2.45) is 0 Å². The molecule has 2 rings (SSSR count). The van der Waals surface area contributed by atoms with E-state index in [-0.39, 0.29) is 34.7 Å². The van der Waals surface area contributed by atoms with Crippen LogP contribution in [0.5, 0.6) is 11.5 Å². The molecule has 4 N–H and O–H groups in total. The third-order valence-corrected chi connectivity index (χ3v) is 3.59. The van der Waals surface area contributed by atoms with E-state index >= 15 is 0 Å². The van der Waals surface area contributed by atoms with Gasteiger partial charge in [-0.1, -0.05) is 24.3 Å². The molecule has 0 spiro atoms. The van der Waals surface area contributed by atoms with Gasteiger partial charge in [0.15, 0.2) is 5.75 Å². The highest BCUT2D eigenvalue weighted by Gasteiger charge is 2.23. The predicted molar refractivity (Wildman–Crippen MR) is 81.1 cm³/mol. The molecule has 0 radical (unpaired) electrons. The summed E-state index contributed by atoms with van der Waals surface area (Å²) in [4.78, 5) is 13.9. The summed E-state index contributed by atoms with van der Waals surface area (Å²) in [7, 11) is 1.61. The number of nitrogens with two attached hydrogens (primary N) is 1. The first-order valence-corrected chi connectivity index (χ1v) is 6.56. The predicted octanol–water partition coefficient (Wildman–Crippen LogP) is 2.51. The topological polar surface area (TPSA) is 86.8 Å². The lowest BCUT2D eigenvalue weighted by molar-refractivity contribution is 0.0738. The van der Waals surface area contributed by atoms with Crippen LogP contribution in [0.15, 0.2) is 42.5 Å². The van der Waals surface area contributed by atoms with E-state index in [0.717, 1.165) is 0 Å². The van der Waals surface area contributed by atoms with E-state index in [2.05, 4.69) is 0 Å². The van der Waals surface area contributed by atoms with Crippen LogP contribution in [0.4, 0.5) is 5.69 Å². The maximum Gasteiger partial charge on any atom is 0.257 e. The maximum absolute atomic E-state index is 12.5. The molecule has 1 atom stereocenters. The van der Waals surface area contributed by atoms with E-state index in [4.69, 9.17) is 5.73 Å². The number of benzene rings is 2. The molecular formula is C16H18N2O3. The van der Waals surface area contributed by atoms with Gasteiger partial charge in [0, 0.05) is 12.6 Å². The minimum atomic E-state index is -0.365. The fraction of sp³-hybridized carbons (Fsp3) is 0.188. The van der Waals surface area contributed by atoms with Crippen LogP contribution in [-0.2, 0) is 0 Å². The first-order valence-electron chi connectivity index (χ1n) is 6.56. The number of anilines is 1. The fourth-order valence-electron chi connectivity index (χ4n) is 2.15. The number of nitrogens with zero attached hydrogens (tertiary/aromatic N) is 1. The standard InChI is InChI=1S/C16H18N2O3/c1-10(11-6-3-4-9-14(11)19)18(2)16(21)12-7-5-8-13(17)15(12)20/h3-10,19-20H,17H2,1-2H3. The van der Waals surface area contributed by atoms with E-state index in [1.807, 2.05) is 0 Å². The molecule has 0 aliphatic rings. The van der Waals surface area contributed by atoms with Crippen molar-refractivity contribution in [3.05, 3.63) is 53.6 Å². The zero-order valence-corrected chi connectivity index (χ0v) is 11.9. The molecule has 2 aromatic rings. The molecule has 0 fully saturated rings. The summed E-state index contributed by atoms with van der Waals surface area (Å²) in [6.07, 6.45) is 0. The van der Waals surface area contributed by atoms with Crippen LogP contribution in [0, 0.1) is 0 Å². The fourth-order valence-corrected chi connectivity index (χ4v) is 2.15. The van der Waals surface area contributed by atoms with Crippen LogP contribution in [0.2, 0.25) is 0 Å². The van der Waals surface area contributed by atoms with Crippen LogP contribution >= 0.6 is 0 Å². The maximum atomic E-state index is 12.5. The number of hydrogen-bond donors (Lipinski definition) is 3. The van der Waals surface area contributed by atoms with E-state index in [0.29, 0.717) is 5.56 Å². The van der Waals surface area contributed by atoms with Gasteiger partial charge in [0.25, 0.3) is 5.91 Å². The number of rotatable bonds is 3. The van der Waals surface area contributed by atoms with Gasteiger partial charge in [-0.15, -0.1) is 0 Å². The molecule has 0 aliphatic heterocycles. The average Bonchev–Trinajstić information content (AvgIpc) is 2.48. The number of carbonyl (C=O) groups excluding carboxylic acids is 1. The van der Waals surface area contributed by atoms with Crippen molar-refractivity contribution in [2.45, 2.75) is 13.0 Å². The molecule has 1 unspecified atom stereocenters. The number of aromatic hydroxyl groups is 2. The minimum Gasteiger partial charge on any atom is -0.508 e. The molecule has 5 heteroatoms. The summed E-state index contributed by atoms with van der Waals surface area (Å²) >= 11 is 0. The van der Waals surface area contributed by atoms with Gasteiger partial charge in [-0.3, -0.25) is 4.79 Å². The number of hydrogen-bond acceptors (Lipinski definition) is 4. The molecular weight excluding hydrogens is 268 g/mol. The average molecular weight is 286 g/mol. The monoisotopic (exact) mass is 286 g/mol. The van der Waals surface area contributed by atoms with E-state index in [1.165, 1.54) is 17.0 Å². The second kappa shape index (κ2) is 5.75. The highest BCUT2D eigenvalue weighted by atomic mass is 16.3. The summed E-state index contributed by atoms with van der Waals surface area (Å²) in [5.41, 5.74) is 6.54. The Morgan fingerprint density at radius 1 is 1.14 bits per heavy atom. The molecule has 0 saturated carbocycles. The third kappa shape index (κ3) is 2.76. The quantitative estimate of drug-likeness (QED) is 0.597. The highest BCUT2D eigenvalue weighted by molar-refractivity contribution is 5.98. The molecule has 0 heterocycles. The van der Waals surface area contributed by atoms with Gasteiger partial charge in [0.05, 0.1) is 17.3 Å². The Kier molecular flexibility index (Phi) is 4.03. The Labute approximate surface area is 123 Å². The largest absolute Gasteiger partial charge is 0.508 e. The zero-order chi connectivity index (χ0) is 15.6. The van der Waals surface area contributed by atoms with Crippen LogP contribution < -0.4 is 5.73 Å². The number of phenolic OH excluding ortho intramolecular Hbond substituents is 2. The summed E-state index contributed by atoms with van der Waals surface area (Å²) in [6, 6.07) is 11.1. The lowest BCUT2D eigenvalue weighted by Crippen LogP contribution is -2.29. The molecule has 0 saturated heterocycles. The smallest absolute Gasteiger partial charge is 0.257 e. The van der Waals surface area contributed by atoms with Gasteiger partial charge < -0.3 is 20.8 Å². The highest BCUT2D eigenvalue weighted by Crippen LogP contribution is 2.31. The van der Waals surface area contributed by atoms with E-state index < -0.39 is 0 Å². The summed E-state index contributed by atoms with van der Waals surface area (Å²) < 4.78 is 0. The van der Waals surface area contributed by atoms with Crippen molar-refractivity contribution >= 4 is 11.6 Å². The number of amides is 1. The Bertz CT molecular complexity index is 670. The van der Waals surface area contributed by atoms with Crippen LogP contribution in [-0.4, -0.2) is 28.1 Å². The van der Waals surface area contributed by atoms with Crippen LogP contribution in [0.1, 0.15) is 28.9 Å². The van der Waals surface area contributed by atoms with Gasteiger partial charge >= 0.3 is 0 Å². The van der Waals surface area contributed by atoms with Crippen molar-refractivity contribution in [1.82, 2.24) is 4.90 Å². The number of phenols is 2. The SMILES string of the molecule is CC(c1ccccc1O)N(C)C(=O)c1cccc(N)c1O. The second-order valence-electron chi connectivity index (χ2n) is 4.89. The van der Waals surface area contributed by atoms with Gasteiger partial charge in [0.1, 0.15) is 5.75 Å². The van der Waals surface area contributed by atoms with Gasteiger partial charge in [-0.05, 0) is 25.1 Å². The van der Waals surface area contributed by atoms with Crippen molar-refractivity contribution in [3.8, 4) is 11.5 Å². The molecule has 1 amide bonds. The first kappa shape index (κ1) is 14.7. The number of nitrogen functional groups attached to an aromatic ring is 1. The number of para-hydroxylation sites is 2. The molecule has 0 aliphatic carbocycles. The van der Waals surface area contributed by atoms with E-state index in [9.17, 15) is 15.0 Å². The zero-order valence-electron chi connectivity index (χ0n) is 11.9. The Morgan fingerprint density at radius 3 is 2.48 bits per heavy atom. The molecule has 5 nitrogen and oxygen atoms in total.